The number of nitrogens with two attached hydrogens (primary N) is 1. The third-order valence-electron chi connectivity index (χ3n) is 4.84. The van der Waals surface area contributed by atoms with Crippen molar-refractivity contribution in [1.82, 2.24) is 16.2 Å². The summed E-state index contributed by atoms with van der Waals surface area (Å²) in [7, 11) is 0. The number of aryl methyl sites for hydroxylation is 1. The first-order valence-electron chi connectivity index (χ1n) is 9.64. The highest BCUT2D eigenvalue weighted by atomic mass is 79.9. The predicted octanol–water partition coefficient (Wildman–Crippen LogP) is 2.15. The van der Waals surface area contributed by atoms with Crippen LogP contribution in [0, 0.1) is 0 Å². The first-order chi connectivity index (χ1) is 14.4. The molecule has 2 aromatic rings. The molecule has 9 heteroatoms. The lowest BCUT2D eigenvalue weighted by Gasteiger charge is -2.30. The van der Waals surface area contributed by atoms with Crippen LogP contribution in [0.1, 0.15) is 30.0 Å². The molecule has 0 saturated carbocycles. The first kappa shape index (κ1) is 21.6. The number of urea groups is 1. The number of rotatable bonds is 6. The van der Waals surface area contributed by atoms with Crippen LogP contribution in [0.5, 0.6) is 0 Å². The molecule has 2 aromatic carbocycles. The minimum absolute atomic E-state index is 0.0772. The van der Waals surface area contributed by atoms with Gasteiger partial charge in [0.15, 0.2) is 0 Å². The van der Waals surface area contributed by atoms with Crippen LogP contribution in [0.3, 0.4) is 0 Å². The van der Waals surface area contributed by atoms with Gasteiger partial charge in [-0.15, -0.1) is 0 Å². The Bertz CT molecular complexity index is 936. The molecule has 0 saturated heterocycles. The van der Waals surface area contributed by atoms with E-state index in [1.54, 1.807) is 18.2 Å². The normalized spacial score (nSPS) is 13.7. The number of benzene rings is 2. The van der Waals surface area contributed by atoms with Gasteiger partial charge in [-0.25, -0.2) is 4.79 Å². The van der Waals surface area contributed by atoms with Crippen molar-refractivity contribution in [3.8, 4) is 0 Å². The van der Waals surface area contributed by atoms with Crippen LogP contribution in [0.2, 0.25) is 0 Å². The number of nitrogens with one attached hydrogen (secondary N) is 3. The summed E-state index contributed by atoms with van der Waals surface area (Å²) in [5.74, 6) is -0.761. The highest BCUT2D eigenvalue weighted by Gasteiger charge is 2.20. The Balaban J connectivity index is 1.54. The van der Waals surface area contributed by atoms with E-state index >= 15 is 0 Å². The van der Waals surface area contributed by atoms with Crippen LogP contribution >= 0.6 is 15.9 Å². The van der Waals surface area contributed by atoms with Gasteiger partial charge >= 0.3 is 6.03 Å². The molecule has 3 rings (SSSR count). The maximum Gasteiger partial charge on any atom is 0.312 e. The highest BCUT2D eigenvalue weighted by Crippen LogP contribution is 2.26. The summed E-state index contributed by atoms with van der Waals surface area (Å²) < 4.78 is 0.812. The number of carbonyl (C=O) groups excluding carboxylic acids is 3. The fraction of sp³-hybridized carbons (Fsp3) is 0.286. The molecule has 5 N–H and O–H groups in total. The summed E-state index contributed by atoms with van der Waals surface area (Å²) in [5, 5.41) is 2.55. The zero-order chi connectivity index (χ0) is 21.5. The van der Waals surface area contributed by atoms with Crippen molar-refractivity contribution in [3.05, 3.63) is 64.1 Å². The van der Waals surface area contributed by atoms with Gasteiger partial charge in [0.1, 0.15) is 0 Å². The fourth-order valence-electron chi connectivity index (χ4n) is 3.51. The lowest BCUT2D eigenvalue weighted by molar-refractivity contribution is -0.128. The quantitative estimate of drug-likeness (QED) is 0.480. The molecule has 1 aliphatic heterocycles. The van der Waals surface area contributed by atoms with Gasteiger partial charge < -0.3 is 16.0 Å². The average molecular weight is 474 g/mol. The van der Waals surface area contributed by atoms with E-state index in [0.717, 1.165) is 35.1 Å². The Morgan fingerprint density at radius 3 is 2.60 bits per heavy atom. The van der Waals surface area contributed by atoms with Crippen molar-refractivity contribution >= 4 is 39.5 Å². The van der Waals surface area contributed by atoms with Crippen LogP contribution < -0.4 is 26.8 Å². The smallest absolute Gasteiger partial charge is 0.312 e. The molecule has 158 valence electrons. The Hall–Kier alpha value is -3.07. The number of hydrogen-bond acceptors (Lipinski definition) is 4. The summed E-state index contributed by atoms with van der Waals surface area (Å²) in [6, 6.07) is 13.9. The topological polar surface area (TPSA) is 117 Å². The van der Waals surface area contributed by atoms with E-state index in [-0.39, 0.29) is 18.9 Å². The average Bonchev–Trinajstić information content (AvgIpc) is 2.72. The molecule has 0 radical (unpaired) electrons. The molecule has 0 aliphatic carbocycles. The van der Waals surface area contributed by atoms with Crippen LogP contribution in [0.4, 0.5) is 10.5 Å². The van der Waals surface area contributed by atoms with Gasteiger partial charge in [0.25, 0.3) is 5.91 Å². The molecule has 0 unspecified atom stereocenters. The SMILES string of the molecule is NC(=O)N[C@@H](CC(=O)NNC(=O)CN1CCCc2ccccc21)c1cccc(Br)c1. The third kappa shape index (κ3) is 5.96. The number of hydrogen-bond donors (Lipinski definition) is 4. The van der Waals surface area contributed by atoms with Gasteiger partial charge in [-0.1, -0.05) is 46.3 Å². The van der Waals surface area contributed by atoms with Gasteiger partial charge in [-0.05, 0) is 42.2 Å². The van der Waals surface area contributed by atoms with Crippen molar-refractivity contribution in [3.63, 3.8) is 0 Å². The fourth-order valence-corrected chi connectivity index (χ4v) is 3.93. The molecule has 8 nitrogen and oxygen atoms in total. The lowest BCUT2D eigenvalue weighted by atomic mass is 10.0. The van der Waals surface area contributed by atoms with Crippen LogP contribution in [0.25, 0.3) is 0 Å². The standard InChI is InChI=1S/C21H24BrN5O3/c22-16-8-3-6-15(11-16)17(24-21(23)30)12-19(28)25-26-20(29)13-27-10-4-7-14-5-1-2-9-18(14)27/h1-3,5-6,8-9,11,17H,4,7,10,12-13H2,(H,25,28)(H,26,29)(H3,23,24,30)/t17-/m0/s1. The van der Waals surface area contributed by atoms with Gasteiger partial charge in [-0.2, -0.15) is 0 Å². The van der Waals surface area contributed by atoms with Gasteiger partial charge in [0, 0.05) is 16.7 Å². The molecule has 0 fully saturated rings. The molecule has 1 aliphatic rings. The molecule has 0 bridgehead atoms. The zero-order valence-electron chi connectivity index (χ0n) is 16.4. The van der Waals surface area contributed by atoms with E-state index in [0.29, 0.717) is 0 Å². The molecule has 4 amide bonds. The second-order valence-corrected chi connectivity index (χ2v) is 7.99. The Labute approximate surface area is 183 Å². The van der Waals surface area contributed by atoms with Crippen molar-refractivity contribution in [1.29, 1.82) is 0 Å². The maximum absolute atomic E-state index is 12.3. The highest BCUT2D eigenvalue weighted by molar-refractivity contribution is 9.10. The monoisotopic (exact) mass is 473 g/mol. The minimum Gasteiger partial charge on any atom is -0.362 e. The number of nitrogens with zero attached hydrogens (tertiary/aromatic N) is 1. The number of anilines is 1. The summed E-state index contributed by atoms with van der Waals surface area (Å²) >= 11 is 3.37. The molecule has 1 atom stereocenters. The van der Waals surface area contributed by atoms with Crippen molar-refractivity contribution < 1.29 is 14.4 Å². The summed E-state index contributed by atoms with van der Waals surface area (Å²) in [4.78, 5) is 38.0. The molecular formula is C21H24BrN5O3. The number of carbonyl (C=O) groups is 3. The number of primary amides is 1. The Morgan fingerprint density at radius 1 is 1.07 bits per heavy atom. The number of amides is 4. The van der Waals surface area contributed by atoms with Crippen LogP contribution in [-0.4, -0.2) is 30.9 Å². The second kappa shape index (κ2) is 10.1. The van der Waals surface area contributed by atoms with Crippen molar-refractivity contribution in [2.75, 3.05) is 18.0 Å². The van der Waals surface area contributed by atoms with E-state index < -0.39 is 18.0 Å². The summed E-state index contributed by atoms with van der Waals surface area (Å²) in [6.45, 7) is 0.928. The van der Waals surface area contributed by atoms with Gasteiger partial charge in [0.2, 0.25) is 5.91 Å². The van der Waals surface area contributed by atoms with E-state index in [2.05, 4.69) is 38.2 Å². The number of para-hydroxylation sites is 1. The summed E-state index contributed by atoms with van der Waals surface area (Å²) in [5.41, 5.74) is 13.1. The number of fused-ring (bicyclic) bond motifs is 1. The first-order valence-corrected chi connectivity index (χ1v) is 10.4. The second-order valence-electron chi connectivity index (χ2n) is 7.07. The van der Waals surface area contributed by atoms with Crippen LogP contribution in [-0.2, 0) is 16.0 Å². The Morgan fingerprint density at radius 2 is 1.83 bits per heavy atom. The van der Waals surface area contributed by atoms with Gasteiger partial charge in [-0.3, -0.25) is 20.4 Å². The predicted molar refractivity (Wildman–Crippen MR) is 117 cm³/mol. The lowest BCUT2D eigenvalue weighted by Crippen LogP contribution is -2.48. The van der Waals surface area contributed by atoms with Crippen LogP contribution in [0.15, 0.2) is 53.0 Å². The number of hydrazine groups is 1. The molecule has 1 heterocycles. The summed E-state index contributed by atoms with van der Waals surface area (Å²) in [6.07, 6.45) is 1.89. The van der Waals surface area contributed by atoms with E-state index in [4.69, 9.17) is 5.73 Å². The Kier molecular flexibility index (Phi) is 7.29. The molecular weight excluding hydrogens is 450 g/mol. The van der Waals surface area contributed by atoms with E-state index in [1.807, 2.05) is 29.2 Å². The third-order valence-corrected chi connectivity index (χ3v) is 5.33. The minimum atomic E-state index is -0.736. The molecule has 0 aromatic heterocycles. The van der Waals surface area contributed by atoms with Gasteiger partial charge in [0.05, 0.1) is 19.0 Å². The molecule has 30 heavy (non-hydrogen) atoms. The largest absolute Gasteiger partial charge is 0.362 e. The van der Waals surface area contributed by atoms with E-state index in [9.17, 15) is 14.4 Å². The molecule has 0 spiro atoms. The van der Waals surface area contributed by atoms with E-state index in [1.165, 1.54) is 5.56 Å². The number of halogens is 1. The zero-order valence-corrected chi connectivity index (χ0v) is 17.9. The van der Waals surface area contributed by atoms with Crippen molar-refractivity contribution in [2.24, 2.45) is 5.73 Å². The maximum atomic E-state index is 12.3. The van der Waals surface area contributed by atoms with Crippen molar-refractivity contribution in [2.45, 2.75) is 25.3 Å².